The molecule has 0 bridgehead atoms. The van der Waals surface area contributed by atoms with Crippen molar-refractivity contribution in [3.05, 3.63) is 53.6 Å². The summed E-state index contributed by atoms with van der Waals surface area (Å²) >= 11 is 0. The van der Waals surface area contributed by atoms with E-state index in [1.807, 2.05) is 6.07 Å². The van der Waals surface area contributed by atoms with E-state index in [1.165, 1.54) is 6.07 Å². The molecule has 2 aromatic carbocycles. The van der Waals surface area contributed by atoms with Crippen molar-refractivity contribution in [2.24, 2.45) is 0 Å². The van der Waals surface area contributed by atoms with E-state index < -0.39 is 11.6 Å². The summed E-state index contributed by atoms with van der Waals surface area (Å²) < 4.78 is 36.6. The fourth-order valence-corrected chi connectivity index (χ4v) is 2.22. The van der Waals surface area contributed by atoms with Gasteiger partial charge in [0.25, 0.3) is 0 Å². The van der Waals surface area contributed by atoms with Gasteiger partial charge in [-0.15, -0.1) is 0 Å². The number of amides is 1. The SMILES string of the molecule is COc1ccc(CNC(=O)CCNc2ccc(F)cc2F)cc1OC. The molecule has 0 atom stereocenters. The number of nitrogens with one attached hydrogen (secondary N) is 2. The van der Waals surface area contributed by atoms with Crippen LogP contribution in [0.2, 0.25) is 0 Å². The topological polar surface area (TPSA) is 59.6 Å². The molecule has 2 rings (SSSR count). The molecule has 0 aliphatic rings. The van der Waals surface area contributed by atoms with E-state index in [2.05, 4.69) is 10.6 Å². The van der Waals surface area contributed by atoms with Crippen molar-refractivity contribution in [2.75, 3.05) is 26.1 Å². The van der Waals surface area contributed by atoms with Crippen molar-refractivity contribution in [3.63, 3.8) is 0 Å². The normalized spacial score (nSPS) is 10.2. The Morgan fingerprint density at radius 2 is 1.80 bits per heavy atom. The summed E-state index contributed by atoms with van der Waals surface area (Å²) in [5.41, 5.74) is 1.03. The van der Waals surface area contributed by atoms with Crippen LogP contribution in [0, 0.1) is 11.6 Å². The second-order valence-electron chi connectivity index (χ2n) is 5.27. The lowest BCUT2D eigenvalue weighted by molar-refractivity contribution is -0.121. The second-order valence-corrected chi connectivity index (χ2v) is 5.27. The lowest BCUT2D eigenvalue weighted by Crippen LogP contribution is -2.25. The molecule has 0 aliphatic heterocycles. The van der Waals surface area contributed by atoms with Crippen LogP contribution in [-0.2, 0) is 11.3 Å². The summed E-state index contributed by atoms with van der Waals surface area (Å²) in [6, 6.07) is 8.62. The predicted molar refractivity (Wildman–Crippen MR) is 90.9 cm³/mol. The van der Waals surface area contributed by atoms with Crippen LogP contribution in [0.25, 0.3) is 0 Å². The second kappa shape index (κ2) is 8.86. The molecule has 134 valence electrons. The summed E-state index contributed by atoms with van der Waals surface area (Å²) in [6.07, 6.45) is 0.157. The molecular weight excluding hydrogens is 330 g/mol. The van der Waals surface area contributed by atoms with Gasteiger partial charge >= 0.3 is 0 Å². The molecule has 5 nitrogen and oxygen atoms in total. The monoisotopic (exact) mass is 350 g/mol. The van der Waals surface area contributed by atoms with Crippen LogP contribution < -0.4 is 20.1 Å². The Balaban J connectivity index is 1.79. The highest BCUT2D eigenvalue weighted by atomic mass is 19.1. The first-order chi connectivity index (χ1) is 12.0. The molecule has 2 N–H and O–H groups in total. The minimum absolute atomic E-state index is 0.157. The number of hydrogen-bond acceptors (Lipinski definition) is 4. The van der Waals surface area contributed by atoms with Crippen molar-refractivity contribution in [2.45, 2.75) is 13.0 Å². The van der Waals surface area contributed by atoms with Gasteiger partial charge in [-0.2, -0.15) is 0 Å². The van der Waals surface area contributed by atoms with Crippen LogP contribution in [-0.4, -0.2) is 26.7 Å². The van der Waals surface area contributed by atoms with Gasteiger partial charge < -0.3 is 20.1 Å². The zero-order chi connectivity index (χ0) is 18.2. The number of halogens is 2. The fraction of sp³-hybridized carbons (Fsp3) is 0.278. The maximum Gasteiger partial charge on any atom is 0.222 e. The summed E-state index contributed by atoms with van der Waals surface area (Å²) in [5.74, 6) is -0.322. The third kappa shape index (κ3) is 5.34. The van der Waals surface area contributed by atoms with E-state index in [4.69, 9.17) is 9.47 Å². The van der Waals surface area contributed by atoms with Crippen LogP contribution in [0.5, 0.6) is 11.5 Å². The van der Waals surface area contributed by atoms with Crippen molar-refractivity contribution in [3.8, 4) is 11.5 Å². The number of hydrogen-bond donors (Lipinski definition) is 2. The molecule has 0 saturated heterocycles. The maximum absolute atomic E-state index is 13.5. The first kappa shape index (κ1) is 18.5. The van der Waals surface area contributed by atoms with Crippen LogP contribution in [0.4, 0.5) is 14.5 Å². The molecular formula is C18H20F2N2O3. The fourth-order valence-electron chi connectivity index (χ4n) is 2.22. The number of rotatable bonds is 8. The third-order valence-electron chi connectivity index (χ3n) is 3.54. The van der Waals surface area contributed by atoms with Crippen LogP contribution in [0.15, 0.2) is 36.4 Å². The Morgan fingerprint density at radius 1 is 1.04 bits per heavy atom. The Kier molecular flexibility index (Phi) is 6.56. The molecule has 7 heteroatoms. The average molecular weight is 350 g/mol. The highest BCUT2D eigenvalue weighted by Gasteiger charge is 2.07. The van der Waals surface area contributed by atoms with E-state index in [1.54, 1.807) is 26.4 Å². The van der Waals surface area contributed by atoms with Gasteiger partial charge in [-0.3, -0.25) is 4.79 Å². The van der Waals surface area contributed by atoms with E-state index in [0.717, 1.165) is 17.7 Å². The van der Waals surface area contributed by atoms with Gasteiger partial charge in [-0.25, -0.2) is 8.78 Å². The van der Waals surface area contributed by atoms with Crippen molar-refractivity contribution >= 4 is 11.6 Å². The average Bonchev–Trinajstić information content (AvgIpc) is 2.61. The Hall–Kier alpha value is -2.83. The van der Waals surface area contributed by atoms with E-state index in [-0.39, 0.29) is 24.6 Å². The maximum atomic E-state index is 13.5. The van der Waals surface area contributed by atoms with E-state index in [0.29, 0.717) is 18.0 Å². The molecule has 25 heavy (non-hydrogen) atoms. The molecule has 0 unspecified atom stereocenters. The summed E-state index contributed by atoms with van der Waals surface area (Å²) in [5, 5.41) is 5.53. The van der Waals surface area contributed by atoms with Crippen molar-refractivity contribution < 1.29 is 23.0 Å². The van der Waals surface area contributed by atoms with Crippen molar-refractivity contribution in [1.29, 1.82) is 0 Å². The number of carbonyl (C=O) groups is 1. The van der Waals surface area contributed by atoms with Gasteiger partial charge in [-0.05, 0) is 29.8 Å². The summed E-state index contributed by atoms with van der Waals surface area (Å²) in [6.45, 7) is 0.574. The summed E-state index contributed by atoms with van der Waals surface area (Å²) in [4.78, 5) is 11.9. The zero-order valence-corrected chi connectivity index (χ0v) is 14.1. The standard InChI is InChI=1S/C18H20F2N2O3/c1-24-16-6-3-12(9-17(16)25-2)11-22-18(23)7-8-21-15-5-4-13(19)10-14(15)20/h3-6,9-10,21H,7-8,11H2,1-2H3,(H,22,23). The van der Waals surface area contributed by atoms with Crippen LogP contribution in [0.1, 0.15) is 12.0 Å². The molecule has 0 radical (unpaired) electrons. The largest absolute Gasteiger partial charge is 0.493 e. The quantitative estimate of drug-likeness (QED) is 0.768. The molecule has 0 fully saturated rings. The Bertz CT molecular complexity index is 738. The number of benzene rings is 2. The smallest absolute Gasteiger partial charge is 0.222 e. The highest BCUT2D eigenvalue weighted by molar-refractivity contribution is 5.76. The van der Waals surface area contributed by atoms with Crippen LogP contribution in [0.3, 0.4) is 0 Å². The number of ether oxygens (including phenoxy) is 2. The molecule has 0 spiro atoms. The number of anilines is 1. The first-order valence-electron chi connectivity index (χ1n) is 7.70. The zero-order valence-electron chi connectivity index (χ0n) is 14.1. The Labute approximate surface area is 144 Å². The van der Waals surface area contributed by atoms with Gasteiger partial charge in [-0.1, -0.05) is 6.07 Å². The molecule has 1 amide bonds. The predicted octanol–water partition coefficient (Wildman–Crippen LogP) is 3.10. The number of methoxy groups -OCH3 is 2. The molecule has 0 heterocycles. The minimum atomic E-state index is -0.689. The molecule has 0 aromatic heterocycles. The lowest BCUT2D eigenvalue weighted by Gasteiger charge is -2.11. The summed E-state index contributed by atoms with van der Waals surface area (Å²) in [7, 11) is 3.09. The molecule has 0 saturated carbocycles. The third-order valence-corrected chi connectivity index (χ3v) is 3.54. The van der Waals surface area contributed by atoms with Gasteiger partial charge in [0.05, 0.1) is 19.9 Å². The lowest BCUT2D eigenvalue weighted by atomic mass is 10.2. The van der Waals surface area contributed by atoms with Gasteiger partial charge in [0.2, 0.25) is 5.91 Å². The Morgan fingerprint density at radius 3 is 2.48 bits per heavy atom. The van der Waals surface area contributed by atoms with E-state index in [9.17, 15) is 13.6 Å². The van der Waals surface area contributed by atoms with Crippen LogP contribution >= 0.6 is 0 Å². The van der Waals surface area contributed by atoms with E-state index >= 15 is 0 Å². The van der Waals surface area contributed by atoms with Gasteiger partial charge in [0.1, 0.15) is 11.6 Å². The van der Waals surface area contributed by atoms with Gasteiger partial charge in [0.15, 0.2) is 11.5 Å². The number of carbonyl (C=O) groups excluding carboxylic acids is 1. The van der Waals surface area contributed by atoms with Gasteiger partial charge in [0, 0.05) is 25.6 Å². The van der Waals surface area contributed by atoms with Crippen molar-refractivity contribution in [1.82, 2.24) is 5.32 Å². The molecule has 2 aromatic rings. The molecule has 0 aliphatic carbocycles. The first-order valence-corrected chi connectivity index (χ1v) is 7.70. The highest BCUT2D eigenvalue weighted by Crippen LogP contribution is 2.27. The minimum Gasteiger partial charge on any atom is -0.493 e.